The molecule has 1 aromatic heterocycles. The molecule has 1 amide bonds. The van der Waals surface area contributed by atoms with Crippen molar-refractivity contribution < 1.29 is 9.21 Å². The third-order valence-corrected chi connectivity index (χ3v) is 2.63. The number of nitrogens with two attached hydrogens (primary N) is 1. The second-order valence-corrected chi connectivity index (χ2v) is 4.08. The van der Waals surface area contributed by atoms with Gasteiger partial charge in [-0.15, -0.1) is 12.4 Å². The van der Waals surface area contributed by atoms with Crippen molar-refractivity contribution in [3.8, 4) is 0 Å². The lowest BCUT2D eigenvalue weighted by Crippen LogP contribution is -2.13. The Hall–Kier alpha value is -1.59. The normalized spacial score (nSPS) is 10.2. The Balaban J connectivity index is 0.00000180. The standard InChI is InChI=1S/C13H17N3O2.ClH/c1-2-13-16-10-8-9(5-6-11(10)18-13)15-12(17)4-3-7-14;/h5-6,8H,2-4,7,14H2,1H3,(H,15,17);1H. The lowest BCUT2D eigenvalue weighted by molar-refractivity contribution is -0.116. The lowest BCUT2D eigenvalue weighted by atomic mass is 10.2. The van der Waals surface area contributed by atoms with Crippen molar-refractivity contribution in [2.45, 2.75) is 26.2 Å². The number of hydrogen-bond acceptors (Lipinski definition) is 4. The Morgan fingerprint density at radius 1 is 1.47 bits per heavy atom. The molecule has 2 rings (SSSR count). The maximum absolute atomic E-state index is 11.6. The molecular formula is C13H18ClN3O2. The van der Waals surface area contributed by atoms with E-state index in [1.165, 1.54) is 0 Å². The number of aromatic nitrogens is 1. The highest BCUT2D eigenvalue weighted by atomic mass is 35.5. The number of oxazole rings is 1. The van der Waals surface area contributed by atoms with Gasteiger partial charge in [-0.3, -0.25) is 4.79 Å². The van der Waals surface area contributed by atoms with Crippen molar-refractivity contribution in [3.05, 3.63) is 24.1 Å². The molecule has 1 aromatic carbocycles. The zero-order chi connectivity index (χ0) is 13.0. The molecule has 19 heavy (non-hydrogen) atoms. The molecule has 0 fully saturated rings. The molecule has 3 N–H and O–H groups in total. The Kier molecular flexibility index (Phi) is 5.79. The summed E-state index contributed by atoms with van der Waals surface area (Å²) >= 11 is 0. The van der Waals surface area contributed by atoms with E-state index in [9.17, 15) is 4.79 Å². The van der Waals surface area contributed by atoms with Gasteiger partial charge in [0.05, 0.1) is 0 Å². The summed E-state index contributed by atoms with van der Waals surface area (Å²) in [6.45, 7) is 2.51. The fourth-order valence-corrected chi connectivity index (χ4v) is 1.69. The summed E-state index contributed by atoms with van der Waals surface area (Å²) in [4.78, 5) is 15.9. The molecule has 0 aliphatic heterocycles. The van der Waals surface area contributed by atoms with Gasteiger partial charge >= 0.3 is 0 Å². The molecule has 2 aromatic rings. The zero-order valence-corrected chi connectivity index (χ0v) is 11.6. The van der Waals surface area contributed by atoms with Crippen LogP contribution in [0, 0.1) is 0 Å². The molecule has 5 nitrogen and oxygen atoms in total. The monoisotopic (exact) mass is 283 g/mol. The minimum atomic E-state index is -0.0287. The largest absolute Gasteiger partial charge is 0.441 e. The lowest BCUT2D eigenvalue weighted by Gasteiger charge is -2.03. The van der Waals surface area contributed by atoms with Crippen LogP contribution in [0.1, 0.15) is 25.7 Å². The number of halogens is 1. The minimum absolute atomic E-state index is 0. The van der Waals surface area contributed by atoms with E-state index in [2.05, 4.69) is 10.3 Å². The number of hydrogen-bond donors (Lipinski definition) is 2. The fraction of sp³-hybridized carbons (Fsp3) is 0.385. The molecule has 0 spiro atoms. The maximum atomic E-state index is 11.6. The van der Waals surface area contributed by atoms with E-state index in [1.54, 1.807) is 0 Å². The highest BCUT2D eigenvalue weighted by molar-refractivity contribution is 5.92. The van der Waals surface area contributed by atoms with E-state index >= 15 is 0 Å². The highest BCUT2D eigenvalue weighted by Gasteiger charge is 2.06. The van der Waals surface area contributed by atoms with E-state index in [0.29, 0.717) is 25.3 Å². The number of nitrogens with zero attached hydrogens (tertiary/aromatic N) is 1. The van der Waals surface area contributed by atoms with Crippen LogP contribution in [0.2, 0.25) is 0 Å². The topological polar surface area (TPSA) is 81.2 Å². The highest BCUT2D eigenvalue weighted by Crippen LogP contribution is 2.20. The minimum Gasteiger partial charge on any atom is -0.441 e. The van der Waals surface area contributed by atoms with Gasteiger partial charge in [0, 0.05) is 18.5 Å². The summed E-state index contributed by atoms with van der Waals surface area (Å²) < 4.78 is 5.50. The van der Waals surface area contributed by atoms with Gasteiger partial charge in [0.1, 0.15) is 5.52 Å². The van der Waals surface area contributed by atoms with E-state index in [0.717, 1.165) is 23.2 Å². The summed E-state index contributed by atoms with van der Waals surface area (Å²) in [7, 11) is 0. The number of benzene rings is 1. The van der Waals surface area contributed by atoms with Crippen molar-refractivity contribution >= 4 is 35.1 Å². The van der Waals surface area contributed by atoms with Gasteiger partial charge < -0.3 is 15.5 Å². The molecule has 0 bridgehead atoms. The van der Waals surface area contributed by atoms with Crippen LogP contribution in [0.25, 0.3) is 11.1 Å². The Morgan fingerprint density at radius 3 is 2.95 bits per heavy atom. The van der Waals surface area contributed by atoms with Crippen LogP contribution >= 0.6 is 12.4 Å². The molecule has 1 heterocycles. The van der Waals surface area contributed by atoms with Crippen molar-refractivity contribution in [2.75, 3.05) is 11.9 Å². The summed E-state index contributed by atoms with van der Waals surface area (Å²) in [6, 6.07) is 5.45. The van der Waals surface area contributed by atoms with Gasteiger partial charge in [0.25, 0.3) is 0 Å². The van der Waals surface area contributed by atoms with Crippen molar-refractivity contribution in [1.82, 2.24) is 4.98 Å². The second kappa shape index (κ2) is 7.11. The van der Waals surface area contributed by atoms with Crippen LogP contribution in [0.3, 0.4) is 0 Å². The van der Waals surface area contributed by atoms with Crippen LogP contribution in [0.5, 0.6) is 0 Å². The van der Waals surface area contributed by atoms with Crippen LogP contribution in [0.15, 0.2) is 22.6 Å². The predicted octanol–water partition coefficient (Wildman–Crippen LogP) is 2.49. The van der Waals surface area contributed by atoms with Gasteiger partial charge in [0.15, 0.2) is 11.5 Å². The Morgan fingerprint density at radius 2 is 2.26 bits per heavy atom. The number of amides is 1. The Bertz CT molecular complexity index is 554. The van der Waals surface area contributed by atoms with Crippen LogP contribution in [0.4, 0.5) is 5.69 Å². The number of rotatable bonds is 5. The SMILES string of the molecule is CCc1nc2cc(NC(=O)CCCN)ccc2o1.Cl. The molecule has 104 valence electrons. The Labute approximate surface area is 118 Å². The number of carbonyl (C=O) groups is 1. The van der Waals surface area contributed by atoms with Crippen molar-refractivity contribution in [2.24, 2.45) is 5.73 Å². The van der Waals surface area contributed by atoms with Crippen LogP contribution in [-0.4, -0.2) is 17.4 Å². The van der Waals surface area contributed by atoms with Crippen molar-refractivity contribution in [1.29, 1.82) is 0 Å². The summed E-state index contributed by atoms with van der Waals surface area (Å²) in [6.07, 6.45) is 1.89. The number of anilines is 1. The van der Waals surface area contributed by atoms with Gasteiger partial charge in [-0.1, -0.05) is 6.92 Å². The van der Waals surface area contributed by atoms with Crippen LogP contribution < -0.4 is 11.1 Å². The molecule has 0 aliphatic rings. The number of fused-ring (bicyclic) bond motifs is 1. The zero-order valence-electron chi connectivity index (χ0n) is 10.8. The average molecular weight is 284 g/mol. The van der Waals surface area contributed by atoms with Gasteiger partial charge in [-0.2, -0.15) is 0 Å². The van der Waals surface area contributed by atoms with Gasteiger partial charge in [-0.05, 0) is 31.2 Å². The van der Waals surface area contributed by atoms with E-state index in [1.807, 2.05) is 25.1 Å². The molecule has 0 unspecified atom stereocenters. The number of aryl methyl sites for hydroxylation is 1. The maximum Gasteiger partial charge on any atom is 0.224 e. The van der Waals surface area contributed by atoms with Gasteiger partial charge in [-0.25, -0.2) is 4.98 Å². The summed E-state index contributed by atoms with van der Waals surface area (Å²) in [5, 5.41) is 2.82. The molecule has 0 aliphatic carbocycles. The van der Waals surface area contributed by atoms with E-state index < -0.39 is 0 Å². The summed E-state index contributed by atoms with van der Waals surface area (Å²) in [5.41, 5.74) is 7.61. The summed E-state index contributed by atoms with van der Waals surface area (Å²) in [5.74, 6) is 0.676. The first-order chi connectivity index (χ1) is 8.72. The van der Waals surface area contributed by atoms with Gasteiger partial charge in [0.2, 0.25) is 5.91 Å². The van der Waals surface area contributed by atoms with Crippen LogP contribution in [-0.2, 0) is 11.2 Å². The second-order valence-electron chi connectivity index (χ2n) is 4.08. The molecule has 0 atom stereocenters. The van der Waals surface area contributed by atoms with E-state index in [-0.39, 0.29) is 18.3 Å². The molecular weight excluding hydrogens is 266 g/mol. The smallest absolute Gasteiger partial charge is 0.224 e. The number of carbonyl (C=O) groups excluding carboxylic acids is 1. The first kappa shape index (κ1) is 15.5. The first-order valence-electron chi connectivity index (χ1n) is 6.12. The molecule has 0 radical (unpaired) electrons. The fourth-order valence-electron chi connectivity index (χ4n) is 1.69. The molecule has 0 saturated carbocycles. The quantitative estimate of drug-likeness (QED) is 0.883. The third-order valence-electron chi connectivity index (χ3n) is 2.63. The molecule has 6 heteroatoms. The third kappa shape index (κ3) is 3.94. The average Bonchev–Trinajstić information content (AvgIpc) is 2.78. The van der Waals surface area contributed by atoms with E-state index in [4.69, 9.17) is 10.2 Å². The van der Waals surface area contributed by atoms with Crippen molar-refractivity contribution in [3.63, 3.8) is 0 Å². The number of nitrogens with one attached hydrogen (secondary N) is 1. The first-order valence-corrected chi connectivity index (χ1v) is 6.12. The molecule has 0 saturated heterocycles. The predicted molar refractivity (Wildman–Crippen MR) is 77.6 cm³/mol.